The number of halogens is 1. The van der Waals surface area contributed by atoms with Crippen LogP contribution in [0.4, 0.5) is 4.39 Å². The van der Waals surface area contributed by atoms with E-state index < -0.39 is 0 Å². The molecule has 0 N–H and O–H groups in total. The molecule has 0 aliphatic heterocycles. The lowest BCUT2D eigenvalue weighted by Gasteiger charge is -2.15. The Balaban J connectivity index is 1.87. The Morgan fingerprint density at radius 3 is 2.35 bits per heavy atom. The van der Waals surface area contributed by atoms with Gasteiger partial charge in [-0.15, -0.1) is 0 Å². The molecule has 0 aliphatic rings. The number of fused-ring (bicyclic) bond motifs is 1. The minimum atomic E-state index is -0.221. The summed E-state index contributed by atoms with van der Waals surface area (Å²) in [7, 11) is 1.63. The fourth-order valence-corrected chi connectivity index (χ4v) is 2.81. The molecule has 3 nitrogen and oxygen atoms in total. The van der Waals surface area contributed by atoms with Gasteiger partial charge in [-0.1, -0.05) is 0 Å². The van der Waals surface area contributed by atoms with Crippen molar-refractivity contribution in [1.82, 2.24) is 4.57 Å². The van der Waals surface area contributed by atoms with Crippen LogP contribution < -0.4 is 9.47 Å². The molecule has 0 saturated heterocycles. The number of benzene rings is 2. The van der Waals surface area contributed by atoms with Gasteiger partial charge in [-0.3, -0.25) is 0 Å². The molecule has 3 rings (SSSR count). The van der Waals surface area contributed by atoms with Crippen molar-refractivity contribution < 1.29 is 13.9 Å². The molecule has 0 unspecified atom stereocenters. The van der Waals surface area contributed by atoms with E-state index in [1.54, 1.807) is 13.2 Å². The number of rotatable bonds is 5. The molecule has 1 heterocycles. The molecule has 1 aromatic heterocycles. The molecule has 0 aliphatic carbocycles. The molecule has 0 fully saturated rings. The molecular weight excluding hydrogens is 293 g/mol. The summed E-state index contributed by atoms with van der Waals surface area (Å²) in [4.78, 5) is 0. The summed E-state index contributed by atoms with van der Waals surface area (Å²) >= 11 is 0. The van der Waals surface area contributed by atoms with Crippen molar-refractivity contribution in [3.63, 3.8) is 0 Å². The average Bonchev–Trinajstić information content (AvgIpc) is 2.91. The third kappa shape index (κ3) is 3.16. The summed E-state index contributed by atoms with van der Waals surface area (Å²) in [5, 5.41) is 0.895. The van der Waals surface area contributed by atoms with Crippen molar-refractivity contribution >= 4 is 10.9 Å². The van der Waals surface area contributed by atoms with Crippen molar-refractivity contribution in [2.45, 2.75) is 26.5 Å². The first-order chi connectivity index (χ1) is 11.1. The van der Waals surface area contributed by atoms with E-state index in [1.165, 1.54) is 6.07 Å². The normalized spacial score (nSPS) is 11.2. The van der Waals surface area contributed by atoms with E-state index in [0.29, 0.717) is 6.61 Å². The standard InChI is InChI=1S/C19H20FNO2/c1-13(2)21-16(11-14-10-15(20)4-9-19(14)21)12-23-18-7-5-17(22-3)6-8-18/h4-11,13H,12H2,1-3H3. The number of aromatic nitrogens is 1. The third-order valence-corrected chi connectivity index (χ3v) is 3.84. The van der Waals surface area contributed by atoms with Crippen LogP contribution >= 0.6 is 0 Å². The summed E-state index contributed by atoms with van der Waals surface area (Å²) < 4.78 is 26.6. The van der Waals surface area contributed by atoms with Crippen LogP contribution in [0.3, 0.4) is 0 Å². The SMILES string of the molecule is COc1ccc(OCc2cc3cc(F)ccc3n2C(C)C)cc1. The number of methoxy groups -OCH3 is 1. The fraction of sp³-hybridized carbons (Fsp3) is 0.263. The molecular formula is C19H20FNO2. The first-order valence-corrected chi connectivity index (χ1v) is 7.64. The van der Waals surface area contributed by atoms with Gasteiger partial charge in [-0.25, -0.2) is 4.39 Å². The number of hydrogen-bond acceptors (Lipinski definition) is 2. The molecule has 2 aromatic carbocycles. The van der Waals surface area contributed by atoms with Gasteiger partial charge in [-0.2, -0.15) is 0 Å². The predicted molar refractivity (Wildman–Crippen MR) is 89.6 cm³/mol. The van der Waals surface area contributed by atoms with E-state index >= 15 is 0 Å². The van der Waals surface area contributed by atoms with Gasteiger partial charge in [0.1, 0.15) is 23.9 Å². The van der Waals surface area contributed by atoms with Gasteiger partial charge in [0.2, 0.25) is 0 Å². The summed E-state index contributed by atoms with van der Waals surface area (Å²) in [6, 6.07) is 14.6. The van der Waals surface area contributed by atoms with Crippen LogP contribution in [0.15, 0.2) is 48.5 Å². The lowest BCUT2D eigenvalue weighted by atomic mass is 10.2. The van der Waals surface area contributed by atoms with E-state index in [2.05, 4.69) is 18.4 Å². The highest BCUT2D eigenvalue weighted by Gasteiger charge is 2.12. The van der Waals surface area contributed by atoms with Crippen molar-refractivity contribution in [2.24, 2.45) is 0 Å². The number of hydrogen-bond donors (Lipinski definition) is 0. The van der Waals surface area contributed by atoms with Crippen LogP contribution in [0.1, 0.15) is 25.6 Å². The Morgan fingerprint density at radius 1 is 1.00 bits per heavy atom. The zero-order valence-corrected chi connectivity index (χ0v) is 13.5. The second kappa shape index (κ2) is 6.32. The maximum atomic E-state index is 13.4. The Kier molecular flexibility index (Phi) is 4.24. The molecule has 0 amide bonds. The summed E-state index contributed by atoms with van der Waals surface area (Å²) in [6.45, 7) is 4.65. The van der Waals surface area contributed by atoms with Crippen molar-refractivity contribution in [1.29, 1.82) is 0 Å². The van der Waals surface area contributed by atoms with Gasteiger partial charge in [0.05, 0.1) is 12.8 Å². The zero-order valence-electron chi connectivity index (χ0n) is 13.5. The smallest absolute Gasteiger partial charge is 0.128 e. The van der Waals surface area contributed by atoms with E-state index in [4.69, 9.17) is 9.47 Å². The quantitative estimate of drug-likeness (QED) is 0.665. The van der Waals surface area contributed by atoms with Crippen molar-refractivity contribution in [3.05, 3.63) is 60.0 Å². The van der Waals surface area contributed by atoms with Crippen LogP contribution in [0.2, 0.25) is 0 Å². The van der Waals surface area contributed by atoms with Crippen LogP contribution in [0.5, 0.6) is 11.5 Å². The van der Waals surface area contributed by atoms with E-state index in [9.17, 15) is 4.39 Å². The van der Waals surface area contributed by atoms with Crippen LogP contribution in [-0.4, -0.2) is 11.7 Å². The van der Waals surface area contributed by atoms with Gasteiger partial charge in [0.25, 0.3) is 0 Å². The molecule has 120 valence electrons. The molecule has 0 bridgehead atoms. The topological polar surface area (TPSA) is 23.4 Å². The molecule has 0 atom stereocenters. The van der Waals surface area contributed by atoms with Crippen molar-refractivity contribution in [2.75, 3.05) is 7.11 Å². The van der Waals surface area contributed by atoms with Gasteiger partial charge < -0.3 is 14.0 Å². The highest BCUT2D eigenvalue weighted by molar-refractivity contribution is 5.81. The van der Waals surface area contributed by atoms with Gasteiger partial charge >= 0.3 is 0 Å². The maximum Gasteiger partial charge on any atom is 0.128 e. The molecule has 23 heavy (non-hydrogen) atoms. The molecule has 4 heteroatoms. The fourth-order valence-electron chi connectivity index (χ4n) is 2.81. The Morgan fingerprint density at radius 2 is 1.70 bits per heavy atom. The van der Waals surface area contributed by atoms with Crippen LogP contribution in [0, 0.1) is 5.82 Å². The lowest BCUT2D eigenvalue weighted by Crippen LogP contribution is -2.08. The second-order valence-corrected chi connectivity index (χ2v) is 5.77. The highest BCUT2D eigenvalue weighted by atomic mass is 19.1. The van der Waals surface area contributed by atoms with Crippen molar-refractivity contribution in [3.8, 4) is 11.5 Å². The van der Waals surface area contributed by atoms with E-state index in [1.807, 2.05) is 36.4 Å². The third-order valence-electron chi connectivity index (χ3n) is 3.84. The Labute approximate surface area is 135 Å². The van der Waals surface area contributed by atoms with Gasteiger partial charge in [0.15, 0.2) is 0 Å². The zero-order chi connectivity index (χ0) is 16.4. The molecule has 0 saturated carbocycles. The van der Waals surface area contributed by atoms with Crippen LogP contribution in [-0.2, 0) is 6.61 Å². The first-order valence-electron chi connectivity index (χ1n) is 7.64. The first kappa shape index (κ1) is 15.4. The number of ether oxygens (including phenoxy) is 2. The van der Waals surface area contributed by atoms with Gasteiger partial charge in [-0.05, 0) is 62.4 Å². The average molecular weight is 313 g/mol. The lowest BCUT2D eigenvalue weighted by molar-refractivity contribution is 0.292. The largest absolute Gasteiger partial charge is 0.497 e. The monoisotopic (exact) mass is 313 g/mol. The second-order valence-electron chi connectivity index (χ2n) is 5.77. The Bertz CT molecular complexity index is 806. The minimum absolute atomic E-state index is 0.221. The minimum Gasteiger partial charge on any atom is -0.497 e. The summed E-state index contributed by atoms with van der Waals surface area (Å²) in [5.41, 5.74) is 2.05. The molecule has 0 spiro atoms. The molecule has 3 aromatic rings. The predicted octanol–water partition coefficient (Wildman–Crippen LogP) is 4.95. The van der Waals surface area contributed by atoms with Gasteiger partial charge in [0, 0.05) is 16.9 Å². The van der Waals surface area contributed by atoms with E-state index in [0.717, 1.165) is 28.1 Å². The number of nitrogens with zero attached hydrogens (tertiary/aromatic N) is 1. The Hall–Kier alpha value is -2.49. The molecule has 0 radical (unpaired) electrons. The van der Waals surface area contributed by atoms with E-state index in [-0.39, 0.29) is 11.9 Å². The summed E-state index contributed by atoms with van der Waals surface area (Å²) in [5.74, 6) is 1.35. The highest BCUT2D eigenvalue weighted by Crippen LogP contribution is 2.26. The van der Waals surface area contributed by atoms with Crippen LogP contribution in [0.25, 0.3) is 10.9 Å². The maximum absolute atomic E-state index is 13.4. The summed E-state index contributed by atoms with van der Waals surface area (Å²) in [6.07, 6.45) is 0.